The number of fused-ring (bicyclic) bond motifs is 2. The van der Waals surface area contributed by atoms with Crippen molar-refractivity contribution in [3.05, 3.63) is 192 Å². The molecule has 0 heteroatoms. The molecule has 0 aliphatic heterocycles. The van der Waals surface area contributed by atoms with Crippen LogP contribution in [0.2, 0.25) is 0 Å². The largest absolute Gasteiger partial charge is 0.0713 e. The van der Waals surface area contributed by atoms with E-state index in [1.54, 1.807) is 0 Å². The highest BCUT2D eigenvalue weighted by atomic mass is 14.4. The molecule has 10 rings (SSSR count). The van der Waals surface area contributed by atoms with Gasteiger partial charge >= 0.3 is 0 Å². The summed E-state index contributed by atoms with van der Waals surface area (Å²) in [7, 11) is 0. The van der Waals surface area contributed by atoms with Gasteiger partial charge in [-0.2, -0.15) is 0 Å². The first-order chi connectivity index (χ1) is 22.3. The standard InChI is InChI=1S/C45H28/c1-3-14-34(15-4-1)45(35-16-5-2-6-17-35)40-27-24-33(28-39(40)37-18-8-12-29-13-9-19-41(45)43(29)37)36-25-22-32-21-20-30-10-7-11-31-23-26-38(36)44(32)42(30)31/h1-28H. The van der Waals surface area contributed by atoms with Gasteiger partial charge in [-0.25, -0.2) is 0 Å². The zero-order valence-electron chi connectivity index (χ0n) is 24.7. The summed E-state index contributed by atoms with van der Waals surface area (Å²) in [6, 6.07) is 63.5. The third kappa shape index (κ3) is 3.26. The van der Waals surface area contributed by atoms with Gasteiger partial charge in [-0.1, -0.05) is 164 Å². The second kappa shape index (κ2) is 9.14. The summed E-state index contributed by atoms with van der Waals surface area (Å²) in [5, 5.41) is 10.5. The van der Waals surface area contributed by atoms with E-state index in [2.05, 4.69) is 170 Å². The van der Waals surface area contributed by atoms with Crippen molar-refractivity contribution in [2.75, 3.05) is 0 Å². The molecule has 0 unspecified atom stereocenters. The lowest BCUT2D eigenvalue weighted by Crippen LogP contribution is -2.33. The Morgan fingerprint density at radius 3 is 1.60 bits per heavy atom. The van der Waals surface area contributed by atoms with Crippen molar-refractivity contribution in [3.8, 4) is 22.3 Å². The summed E-state index contributed by atoms with van der Waals surface area (Å²) in [4.78, 5) is 0. The second-order valence-electron chi connectivity index (χ2n) is 12.4. The molecule has 0 N–H and O–H groups in total. The van der Waals surface area contributed by atoms with Crippen molar-refractivity contribution in [1.82, 2.24) is 0 Å². The molecule has 45 heavy (non-hydrogen) atoms. The monoisotopic (exact) mass is 568 g/mol. The summed E-state index contributed by atoms with van der Waals surface area (Å²) in [5.41, 5.74) is 9.92. The lowest BCUT2D eigenvalue weighted by molar-refractivity contribution is 0.750. The van der Waals surface area contributed by atoms with E-state index in [1.807, 2.05) is 0 Å². The van der Waals surface area contributed by atoms with E-state index >= 15 is 0 Å². The van der Waals surface area contributed by atoms with E-state index in [0.717, 1.165) is 0 Å². The topological polar surface area (TPSA) is 0 Å². The van der Waals surface area contributed by atoms with E-state index in [1.165, 1.54) is 87.6 Å². The SMILES string of the molecule is c1ccc(C2(c3ccccc3)c3ccc(-c4ccc5ccc6cccc7ccc4c5c67)cc3-c3cccc4cccc2c34)cc1. The molecule has 9 aromatic carbocycles. The molecule has 0 aromatic heterocycles. The van der Waals surface area contributed by atoms with Crippen LogP contribution in [0.4, 0.5) is 0 Å². The molecule has 0 radical (unpaired) electrons. The highest BCUT2D eigenvalue weighted by Crippen LogP contribution is 2.56. The Labute approximate surface area is 262 Å². The minimum Gasteiger partial charge on any atom is -0.0622 e. The van der Waals surface area contributed by atoms with Crippen LogP contribution in [0, 0.1) is 0 Å². The molecule has 0 bridgehead atoms. The fourth-order valence-corrected chi connectivity index (χ4v) is 8.44. The Balaban J connectivity index is 1.33. The summed E-state index contributed by atoms with van der Waals surface area (Å²) in [6.07, 6.45) is 0. The molecule has 0 amide bonds. The van der Waals surface area contributed by atoms with Crippen molar-refractivity contribution in [2.24, 2.45) is 0 Å². The normalized spacial score (nSPS) is 13.5. The lowest BCUT2D eigenvalue weighted by atomic mass is 9.59. The molecular formula is C45H28. The fourth-order valence-electron chi connectivity index (χ4n) is 8.44. The van der Waals surface area contributed by atoms with Crippen molar-refractivity contribution in [3.63, 3.8) is 0 Å². The number of benzene rings is 9. The maximum Gasteiger partial charge on any atom is 0.0713 e. The molecule has 1 aliphatic carbocycles. The van der Waals surface area contributed by atoms with Crippen LogP contribution in [-0.4, -0.2) is 0 Å². The molecule has 0 atom stereocenters. The average Bonchev–Trinajstić information content (AvgIpc) is 3.12. The maximum atomic E-state index is 2.47. The minimum atomic E-state index is -0.451. The quantitative estimate of drug-likeness (QED) is 0.186. The number of rotatable bonds is 3. The molecule has 0 saturated carbocycles. The van der Waals surface area contributed by atoms with Crippen molar-refractivity contribution in [2.45, 2.75) is 5.41 Å². The van der Waals surface area contributed by atoms with Crippen LogP contribution >= 0.6 is 0 Å². The zero-order valence-corrected chi connectivity index (χ0v) is 24.7. The van der Waals surface area contributed by atoms with Crippen LogP contribution in [0.1, 0.15) is 22.3 Å². The Hall–Kier alpha value is -5.72. The van der Waals surface area contributed by atoms with E-state index in [0.29, 0.717) is 0 Å². The van der Waals surface area contributed by atoms with E-state index in [9.17, 15) is 0 Å². The molecule has 0 fully saturated rings. The highest BCUT2D eigenvalue weighted by molar-refractivity contribution is 6.25. The Kier molecular flexibility index (Phi) is 5.02. The van der Waals surface area contributed by atoms with Crippen LogP contribution in [0.25, 0.3) is 65.3 Å². The van der Waals surface area contributed by atoms with Crippen molar-refractivity contribution >= 4 is 43.1 Å². The van der Waals surface area contributed by atoms with Crippen LogP contribution in [0.15, 0.2) is 170 Å². The van der Waals surface area contributed by atoms with Crippen LogP contribution in [0.5, 0.6) is 0 Å². The third-order valence-corrected chi connectivity index (χ3v) is 10.3. The van der Waals surface area contributed by atoms with Crippen LogP contribution in [-0.2, 0) is 5.41 Å². The second-order valence-corrected chi connectivity index (χ2v) is 12.4. The van der Waals surface area contributed by atoms with E-state index < -0.39 is 5.41 Å². The van der Waals surface area contributed by atoms with Gasteiger partial charge in [0.1, 0.15) is 0 Å². The van der Waals surface area contributed by atoms with Gasteiger partial charge in [0.2, 0.25) is 0 Å². The Morgan fingerprint density at radius 1 is 0.311 bits per heavy atom. The third-order valence-electron chi connectivity index (χ3n) is 10.3. The fraction of sp³-hybridized carbons (Fsp3) is 0.0222. The van der Waals surface area contributed by atoms with Gasteiger partial charge in [-0.05, 0) is 93.7 Å². The first-order valence-corrected chi connectivity index (χ1v) is 15.8. The van der Waals surface area contributed by atoms with Gasteiger partial charge in [0, 0.05) is 0 Å². The smallest absolute Gasteiger partial charge is 0.0622 e. The molecule has 0 spiro atoms. The summed E-state index contributed by atoms with van der Waals surface area (Å²) in [5.74, 6) is 0. The van der Waals surface area contributed by atoms with Gasteiger partial charge < -0.3 is 0 Å². The van der Waals surface area contributed by atoms with Gasteiger partial charge in [0.05, 0.1) is 5.41 Å². The molecule has 208 valence electrons. The predicted molar refractivity (Wildman–Crippen MR) is 190 cm³/mol. The first kappa shape index (κ1) is 24.7. The number of hydrogen-bond donors (Lipinski definition) is 0. The predicted octanol–water partition coefficient (Wildman–Crippen LogP) is 11.8. The minimum absolute atomic E-state index is 0.451. The zero-order chi connectivity index (χ0) is 29.5. The Bertz CT molecular complexity index is 2510. The lowest BCUT2D eigenvalue weighted by Gasteiger charge is -2.42. The van der Waals surface area contributed by atoms with Gasteiger partial charge in [-0.3, -0.25) is 0 Å². The Morgan fingerprint density at radius 2 is 0.889 bits per heavy atom. The molecule has 0 heterocycles. The van der Waals surface area contributed by atoms with E-state index in [4.69, 9.17) is 0 Å². The molecule has 0 saturated heterocycles. The molecular weight excluding hydrogens is 540 g/mol. The molecule has 9 aromatic rings. The maximum absolute atomic E-state index is 2.47. The van der Waals surface area contributed by atoms with E-state index in [-0.39, 0.29) is 0 Å². The number of hydrogen-bond acceptors (Lipinski definition) is 0. The summed E-state index contributed by atoms with van der Waals surface area (Å²) in [6.45, 7) is 0. The van der Waals surface area contributed by atoms with Crippen LogP contribution in [0.3, 0.4) is 0 Å². The summed E-state index contributed by atoms with van der Waals surface area (Å²) < 4.78 is 0. The molecule has 0 nitrogen and oxygen atoms in total. The van der Waals surface area contributed by atoms with Gasteiger partial charge in [0.25, 0.3) is 0 Å². The average molecular weight is 569 g/mol. The highest BCUT2D eigenvalue weighted by Gasteiger charge is 2.44. The van der Waals surface area contributed by atoms with Crippen molar-refractivity contribution < 1.29 is 0 Å². The molecule has 1 aliphatic rings. The summed E-state index contributed by atoms with van der Waals surface area (Å²) >= 11 is 0. The van der Waals surface area contributed by atoms with Gasteiger partial charge in [-0.15, -0.1) is 0 Å². The van der Waals surface area contributed by atoms with Gasteiger partial charge in [0.15, 0.2) is 0 Å². The first-order valence-electron chi connectivity index (χ1n) is 15.8. The van der Waals surface area contributed by atoms with Crippen molar-refractivity contribution in [1.29, 1.82) is 0 Å². The van der Waals surface area contributed by atoms with Crippen LogP contribution < -0.4 is 0 Å².